The van der Waals surface area contributed by atoms with E-state index in [1.54, 1.807) is 31.3 Å². The molecule has 0 unspecified atom stereocenters. The van der Waals surface area contributed by atoms with E-state index >= 15 is 0 Å². The summed E-state index contributed by atoms with van der Waals surface area (Å²) in [5.74, 6) is -0.766. The Kier molecular flexibility index (Phi) is 4.70. The van der Waals surface area contributed by atoms with E-state index in [1.165, 1.54) is 11.3 Å². The molecule has 0 radical (unpaired) electrons. The highest BCUT2D eigenvalue weighted by Crippen LogP contribution is 2.33. The lowest BCUT2D eigenvalue weighted by Crippen LogP contribution is -2.15. The predicted octanol–water partition coefficient (Wildman–Crippen LogP) is 3.19. The number of hydrogen-bond donors (Lipinski definition) is 1. The first-order valence-electron chi connectivity index (χ1n) is 6.54. The molecule has 2 heterocycles. The third-order valence-electron chi connectivity index (χ3n) is 2.99. The summed E-state index contributed by atoms with van der Waals surface area (Å²) in [4.78, 5) is 29.1. The molecular weight excluding hydrogens is 288 g/mol. The van der Waals surface area contributed by atoms with E-state index in [0.29, 0.717) is 22.9 Å². The average Bonchev–Trinajstić information content (AvgIpc) is 2.75. The molecule has 0 aliphatic carbocycles. The van der Waals surface area contributed by atoms with E-state index in [-0.39, 0.29) is 5.91 Å². The molecule has 0 atom stereocenters. The lowest BCUT2D eigenvalue weighted by atomic mass is 10.1. The first kappa shape index (κ1) is 15.2. The smallest absolute Gasteiger partial charge is 0.341 e. The van der Waals surface area contributed by atoms with E-state index in [0.717, 1.165) is 10.4 Å². The quantitative estimate of drug-likeness (QED) is 0.881. The number of thiophene rings is 1. The molecule has 0 aliphatic heterocycles. The molecule has 2 aromatic heterocycles. The second-order valence-corrected chi connectivity index (χ2v) is 5.60. The van der Waals surface area contributed by atoms with Crippen molar-refractivity contribution < 1.29 is 14.3 Å². The summed E-state index contributed by atoms with van der Waals surface area (Å²) in [5.41, 5.74) is 1.55. The van der Waals surface area contributed by atoms with Gasteiger partial charge in [-0.2, -0.15) is 0 Å². The predicted molar refractivity (Wildman–Crippen MR) is 81.9 cm³/mol. The summed E-state index contributed by atoms with van der Waals surface area (Å²) in [5, 5.41) is 3.24. The van der Waals surface area contributed by atoms with Crippen LogP contribution < -0.4 is 5.32 Å². The summed E-state index contributed by atoms with van der Waals surface area (Å²) < 4.78 is 5.05. The van der Waals surface area contributed by atoms with Crippen molar-refractivity contribution in [1.82, 2.24) is 4.98 Å². The third-order valence-corrected chi connectivity index (χ3v) is 4.11. The second kappa shape index (κ2) is 6.49. The van der Waals surface area contributed by atoms with Crippen molar-refractivity contribution >= 4 is 28.2 Å². The van der Waals surface area contributed by atoms with Crippen LogP contribution in [0.2, 0.25) is 0 Å². The number of ether oxygens (including phenoxy) is 1. The molecule has 0 bridgehead atoms. The SMILES string of the molecule is CCOC(=O)c1c(NC(=O)c2ccccn2)sc(C)c1C. The van der Waals surface area contributed by atoms with Gasteiger partial charge in [0.1, 0.15) is 10.7 Å². The van der Waals surface area contributed by atoms with Crippen LogP contribution in [-0.4, -0.2) is 23.5 Å². The summed E-state index contributed by atoms with van der Waals surface area (Å²) >= 11 is 1.36. The number of rotatable bonds is 4. The van der Waals surface area contributed by atoms with Crippen LogP contribution in [0.3, 0.4) is 0 Å². The minimum atomic E-state index is -0.421. The zero-order chi connectivity index (χ0) is 15.4. The van der Waals surface area contributed by atoms with Gasteiger partial charge in [0.25, 0.3) is 5.91 Å². The first-order chi connectivity index (χ1) is 10.0. The van der Waals surface area contributed by atoms with Gasteiger partial charge in [0, 0.05) is 11.1 Å². The maximum atomic E-state index is 12.1. The Labute approximate surface area is 127 Å². The lowest BCUT2D eigenvalue weighted by molar-refractivity contribution is 0.0527. The van der Waals surface area contributed by atoms with Crippen molar-refractivity contribution in [3.8, 4) is 0 Å². The van der Waals surface area contributed by atoms with Crippen molar-refractivity contribution in [3.63, 3.8) is 0 Å². The molecule has 0 saturated heterocycles. The number of anilines is 1. The zero-order valence-electron chi connectivity index (χ0n) is 12.1. The Bertz CT molecular complexity index is 665. The summed E-state index contributed by atoms with van der Waals surface area (Å²) in [6.07, 6.45) is 1.55. The fourth-order valence-electron chi connectivity index (χ4n) is 1.83. The average molecular weight is 304 g/mol. The van der Waals surface area contributed by atoms with E-state index in [9.17, 15) is 9.59 Å². The monoisotopic (exact) mass is 304 g/mol. The van der Waals surface area contributed by atoms with Crippen molar-refractivity contribution in [3.05, 3.63) is 46.1 Å². The minimum absolute atomic E-state index is 0.292. The van der Waals surface area contributed by atoms with Gasteiger partial charge in [0.15, 0.2) is 0 Å². The van der Waals surface area contributed by atoms with Crippen molar-refractivity contribution in [2.24, 2.45) is 0 Å². The van der Waals surface area contributed by atoms with Gasteiger partial charge in [-0.15, -0.1) is 11.3 Å². The van der Waals surface area contributed by atoms with Crippen LogP contribution in [0, 0.1) is 13.8 Å². The zero-order valence-corrected chi connectivity index (χ0v) is 12.9. The topological polar surface area (TPSA) is 68.3 Å². The second-order valence-electron chi connectivity index (χ2n) is 4.38. The van der Waals surface area contributed by atoms with Crippen LogP contribution in [0.4, 0.5) is 5.00 Å². The molecule has 0 aliphatic rings. The van der Waals surface area contributed by atoms with Gasteiger partial charge in [-0.25, -0.2) is 4.79 Å². The Balaban J connectivity index is 2.30. The van der Waals surface area contributed by atoms with Crippen LogP contribution >= 0.6 is 11.3 Å². The molecule has 0 aromatic carbocycles. The van der Waals surface area contributed by atoms with Gasteiger partial charge in [-0.1, -0.05) is 6.07 Å². The number of aromatic nitrogens is 1. The highest BCUT2D eigenvalue weighted by Gasteiger charge is 2.22. The number of carbonyl (C=O) groups is 2. The fraction of sp³-hybridized carbons (Fsp3) is 0.267. The molecule has 110 valence electrons. The number of pyridine rings is 1. The van der Waals surface area contributed by atoms with Crippen LogP contribution in [0.5, 0.6) is 0 Å². The highest BCUT2D eigenvalue weighted by atomic mass is 32.1. The maximum absolute atomic E-state index is 12.1. The normalized spacial score (nSPS) is 10.2. The van der Waals surface area contributed by atoms with E-state index < -0.39 is 5.97 Å². The van der Waals surface area contributed by atoms with Crippen LogP contribution in [0.25, 0.3) is 0 Å². The number of nitrogens with zero attached hydrogens (tertiary/aromatic N) is 1. The summed E-state index contributed by atoms with van der Waals surface area (Å²) in [6.45, 7) is 5.78. The van der Waals surface area contributed by atoms with E-state index in [2.05, 4.69) is 10.3 Å². The number of hydrogen-bond acceptors (Lipinski definition) is 5. The number of nitrogens with one attached hydrogen (secondary N) is 1. The van der Waals surface area contributed by atoms with E-state index in [4.69, 9.17) is 4.74 Å². The largest absolute Gasteiger partial charge is 0.462 e. The molecule has 0 saturated carbocycles. The highest BCUT2D eigenvalue weighted by molar-refractivity contribution is 7.16. The number of amides is 1. The lowest BCUT2D eigenvalue weighted by Gasteiger charge is -2.06. The Morgan fingerprint density at radius 1 is 1.33 bits per heavy atom. The fourth-order valence-corrected chi connectivity index (χ4v) is 2.87. The minimum Gasteiger partial charge on any atom is -0.462 e. The molecule has 21 heavy (non-hydrogen) atoms. The van der Waals surface area contributed by atoms with Gasteiger partial charge >= 0.3 is 5.97 Å². The number of carbonyl (C=O) groups excluding carboxylic acids is 2. The summed E-state index contributed by atoms with van der Waals surface area (Å²) in [6, 6.07) is 5.09. The van der Waals surface area contributed by atoms with Crippen molar-refractivity contribution in [1.29, 1.82) is 0 Å². The van der Waals surface area contributed by atoms with Gasteiger partial charge in [-0.3, -0.25) is 9.78 Å². The standard InChI is InChI=1S/C15H16N2O3S/c1-4-20-15(19)12-9(2)10(3)21-14(12)17-13(18)11-7-5-6-8-16-11/h5-8H,4H2,1-3H3,(H,17,18). The molecule has 5 nitrogen and oxygen atoms in total. The van der Waals surface area contributed by atoms with Gasteiger partial charge < -0.3 is 10.1 Å². The van der Waals surface area contributed by atoms with Gasteiger partial charge in [0.2, 0.25) is 0 Å². The molecule has 1 amide bonds. The molecular formula is C15H16N2O3S. The van der Waals surface area contributed by atoms with Gasteiger partial charge in [-0.05, 0) is 38.5 Å². The molecule has 1 N–H and O–H groups in total. The summed E-state index contributed by atoms with van der Waals surface area (Å²) in [7, 11) is 0. The Hall–Kier alpha value is -2.21. The number of aryl methyl sites for hydroxylation is 1. The van der Waals surface area contributed by atoms with Gasteiger partial charge in [0.05, 0.1) is 12.2 Å². The van der Waals surface area contributed by atoms with Crippen LogP contribution in [0.1, 0.15) is 38.2 Å². The van der Waals surface area contributed by atoms with E-state index in [1.807, 2.05) is 13.8 Å². The molecule has 2 rings (SSSR count). The van der Waals surface area contributed by atoms with Crippen LogP contribution in [-0.2, 0) is 4.74 Å². The van der Waals surface area contributed by atoms with Crippen molar-refractivity contribution in [2.45, 2.75) is 20.8 Å². The molecule has 0 spiro atoms. The third kappa shape index (κ3) is 3.28. The maximum Gasteiger partial charge on any atom is 0.341 e. The van der Waals surface area contributed by atoms with Crippen molar-refractivity contribution in [2.75, 3.05) is 11.9 Å². The molecule has 2 aromatic rings. The first-order valence-corrected chi connectivity index (χ1v) is 7.35. The molecule has 6 heteroatoms. The Morgan fingerprint density at radius 2 is 2.10 bits per heavy atom. The van der Waals surface area contributed by atoms with Crippen LogP contribution in [0.15, 0.2) is 24.4 Å². The molecule has 0 fully saturated rings. The number of esters is 1. The Morgan fingerprint density at radius 3 is 2.71 bits per heavy atom.